The van der Waals surface area contributed by atoms with Gasteiger partial charge in [-0.05, 0) is 0 Å². The van der Waals surface area contributed by atoms with E-state index in [1.54, 1.807) is 0 Å². The molecule has 0 N–H and O–H groups in total. The summed E-state index contributed by atoms with van der Waals surface area (Å²) in [6, 6.07) is 0. The fourth-order valence-corrected chi connectivity index (χ4v) is 0.232. The van der Waals surface area contributed by atoms with E-state index in [9.17, 15) is 4.79 Å². The average molecular weight is 218 g/mol. The predicted molar refractivity (Wildman–Crippen MR) is 30.9 cm³/mol. The molecule has 0 unspecified atom stereocenters. The van der Waals surface area contributed by atoms with E-state index in [1.807, 2.05) is 13.8 Å². The van der Waals surface area contributed by atoms with Gasteiger partial charge in [-0.15, -0.1) is 5.92 Å². The Balaban J connectivity index is 0. The van der Waals surface area contributed by atoms with Crippen molar-refractivity contribution in [2.45, 2.75) is 20.8 Å². The fourth-order valence-electron chi connectivity index (χ4n) is 0.232. The zero-order chi connectivity index (χ0) is 6.57. The first-order chi connectivity index (χ1) is 3.63. The number of rotatable bonds is 2. The molecule has 0 spiro atoms. The molecule has 0 aliphatic heterocycles. The van der Waals surface area contributed by atoms with Gasteiger partial charge in [0, 0.05) is 26.4 Å². The van der Waals surface area contributed by atoms with Crippen LogP contribution < -0.4 is 0 Å². The van der Waals surface area contributed by atoms with Crippen LogP contribution in [0.4, 0.5) is 0 Å². The van der Waals surface area contributed by atoms with E-state index >= 15 is 0 Å². The standard InChI is InChI=1S/C6H11O2.Rh/c1-5(2)4-8-6(3)7;/h4-5H,1-3H3;/q-1;. The Morgan fingerprint density at radius 3 is 2.11 bits per heavy atom. The Labute approximate surface area is 68.7 Å². The monoisotopic (exact) mass is 218 g/mol. The van der Waals surface area contributed by atoms with Crippen molar-refractivity contribution in [1.82, 2.24) is 0 Å². The van der Waals surface area contributed by atoms with E-state index < -0.39 is 0 Å². The van der Waals surface area contributed by atoms with Crippen LogP contribution >= 0.6 is 0 Å². The van der Waals surface area contributed by atoms with Crippen LogP contribution in [-0.4, -0.2) is 5.97 Å². The molecule has 0 aromatic carbocycles. The molecule has 2 nitrogen and oxygen atoms in total. The van der Waals surface area contributed by atoms with E-state index in [-0.39, 0.29) is 25.4 Å². The van der Waals surface area contributed by atoms with Gasteiger partial charge in [-0.3, -0.25) is 4.79 Å². The second-order valence-corrected chi connectivity index (χ2v) is 1.99. The third-order valence-corrected chi connectivity index (χ3v) is 0.506. The summed E-state index contributed by atoms with van der Waals surface area (Å²) in [6.07, 6.45) is 0. The predicted octanol–water partition coefficient (Wildman–Crippen LogP) is 1.36. The van der Waals surface area contributed by atoms with Gasteiger partial charge in [0.05, 0.1) is 0 Å². The minimum absolute atomic E-state index is 0. The van der Waals surface area contributed by atoms with Gasteiger partial charge in [0.15, 0.2) is 0 Å². The molecule has 0 aromatic rings. The van der Waals surface area contributed by atoms with Crippen LogP contribution in [0.25, 0.3) is 0 Å². The maximum absolute atomic E-state index is 10.1. The largest absolute Gasteiger partial charge is 0.637 e. The van der Waals surface area contributed by atoms with Crippen LogP contribution in [0, 0.1) is 12.5 Å². The SMILES string of the molecule is CC(=O)O[CH-]C(C)C.[Rh]. The van der Waals surface area contributed by atoms with Crippen molar-refractivity contribution in [2.75, 3.05) is 0 Å². The van der Waals surface area contributed by atoms with E-state index in [4.69, 9.17) is 0 Å². The molecule has 1 radical (unpaired) electrons. The van der Waals surface area contributed by atoms with Crippen LogP contribution in [0.3, 0.4) is 0 Å². The number of hydrogen-bond donors (Lipinski definition) is 0. The number of carbonyl (C=O) groups excluding carboxylic acids is 1. The van der Waals surface area contributed by atoms with Crippen LogP contribution in [0.15, 0.2) is 0 Å². The number of esters is 1. The first-order valence-corrected chi connectivity index (χ1v) is 2.63. The molecule has 0 aliphatic carbocycles. The number of ether oxygens (including phenoxy) is 1. The molecule has 9 heavy (non-hydrogen) atoms. The Kier molecular flexibility index (Phi) is 8.18. The molecule has 0 heterocycles. The third-order valence-electron chi connectivity index (χ3n) is 0.506. The molecule has 0 rings (SSSR count). The minimum Gasteiger partial charge on any atom is -0.637 e. The Hall–Kier alpha value is 0.0934. The van der Waals surface area contributed by atoms with Crippen molar-refractivity contribution in [3.05, 3.63) is 6.61 Å². The van der Waals surface area contributed by atoms with Crippen molar-refractivity contribution in [2.24, 2.45) is 5.92 Å². The molecule has 0 aromatic heterocycles. The van der Waals surface area contributed by atoms with Gasteiger partial charge in [0.25, 0.3) is 5.97 Å². The van der Waals surface area contributed by atoms with E-state index in [1.165, 1.54) is 13.5 Å². The summed E-state index contributed by atoms with van der Waals surface area (Å²) in [5.74, 6) is 0.0672. The van der Waals surface area contributed by atoms with Gasteiger partial charge in [0.1, 0.15) is 0 Å². The molecule has 57 valence electrons. The van der Waals surface area contributed by atoms with Crippen LogP contribution in [-0.2, 0) is 29.0 Å². The zero-order valence-electron chi connectivity index (χ0n) is 5.80. The summed E-state index contributed by atoms with van der Waals surface area (Å²) < 4.78 is 4.54. The quantitative estimate of drug-likeness (QED) is 0.397. The summed E-state index contributed by atoms with van der Waals surface area (Å²) >= 11 is 0. The summed E-state index contributed by atoms with van der Waals surface area (Å²) in [7, 11) is 0. The van der Waals surface area contributed by atoms with Gasteiger partial charge in [-0.2, -0.15) is 6.61 Å². The van der Waals surface area contributed by atoms with Gasteiger partial charge in [-0.1, -0.05) is 13.8 Å². The second-order valence-electron chi connectivity index (χ2n) is 1.99. The van der Waals surface area contributed by atoms with Gasteiger partial charge < -0.3 is 4.74 Å². The maximum atomic E-state index is 10.1. The van der Waals surface area contributed by atoms with Crippen molar-refractivity contribution in [3.8, 4) is 0 Å². The Bertz CT molecular complexity index is 81.1. The normalized spacial score (nSPS) is 8.44. The fraction of sp³-hybridized carbons (Fsp3) is 0.667. The second kappa shape index (κ2) is 6.22. The molecule has 0 fully saturated rings. The summed E-state index contributed by atoms with van der Waals surface area (Å²) in [4.78, 5) is 10.1. The molecule has 0 aliphatic rings. The molecule has 3 heteroatoms. The summed E-state index contributed by atoms with van der Waals surface area (Å²) in [5, 5.41) is 0. The first kappa shape index (κ1) is 11.8. The molecule has 0 saturated heterocycles. The van der Waals surface area contributed by atoms with Crippen molar-refractivity contribution < 1.29 is 29.0 Å². The average Bonchev–Trinajstić information content (AvgIpc) is 1.61. The van der Waals surface area contributed by atoms with Gasteiger partial charge in [-0.25, -0.2) is 0 Å². The van der Waals surface area contributed by atoms with Crippen molar-refractivity contribution in [1.29, 1.82) is 0 Å². The van der Waals surface area contributed by atoms with Gasteiger partial charge >= 0.3 is 0 Å². The minimum atomic E-state index is -0.251. The summed E-state index contributed by atoms with van der Waals surface area (Å²) in [6.45, 7) is 6.80. The first-order valence-electron chi connectivity index (χ1n) is 2.63. The van der Waals surface area contributed by atoms with E-state index in [0.29, 0.717) is 5.92 Å². The maximum Gasteiger partial charge on any atom is 0.271 e. The Morgan fingerprint density at radius 2 is 2.00 bits per heavy atom. The van der Waals surface area contributed by atoms with Crippen LogP contribution in [0.1, 0.15) is 20.8 Å². The molecule has 0 bridgehead atoms. The van der Waals surface area contributed by atoms with Crippen molar-refractivity contribution in [3.63, 3.8) is 0 Å². The topological polar surface area (TPSA) is 26.3 Å². The van der Waals surface area contributed by atoms with Crippen LogP contribution in [0.5, 0.6) is 0 Å². The van der Waals surface area contributed by atoms with Crippen LogP contribution in [0.2, 0.25) is 0 Å². The van der Waals surface area contributed by atoms with E-state index in [2.05, 4.69) is 4.74 Å². The molecule has 0 saturated carbocycles. The smallest absolute Gasteiger partial charge is 0.271 e. The number of carbonyl (C=O) groups is 1. The Morgan fingerprint density at radius 1 is 1.56 bits per heavy atom. The molecule has 0 atom stereocenters. The molecule has 0 amide bonds. The van der Waals surface area contributed by atoms with Gasteiger partial charge in [0.2, 0.25) is 0 Å². The zero-order valence-corrected chi connectivity index (χ0v) is 7.44. The molecular formula is C6H11O2Rh-. The summed E-state index contributed by atoms with van der Waals surface area (Å²) in [5.41, 5.74) is 0. The third kappa shape index (κ3) is 11.6. The van der Waals surface area contributed by atoms with E-state index in [0.717, 1.165) is 0 Å². The van der Waals surface area contributed by atoms with Crippen molar-refractivity contribution >= 4 is 5.97 Å². The molecular weight excluding hydrogens is 207 g/mol. The number of hydrogen-bond acceptors (Lipinski definition) is 2.